The molecule has 31 heavy (non-hydrogen) atoms. The maximum absolute atomic E-state index is 12.1. The first-order valence-corrected chi connectivity index (χ1v) is 11.6. The molecule has 3 rings (SSSR count). The van der Waals surface area contributed by atoms with E-state index in [0.717, 1.165) is 57.9 Å². The third kappa shape index (κ3) is 6.95. The van der Waals surface area contributed by atoms with Crippen LogP contribution >= 0.6 is 0 Å². The van der Waals surface area contributed by atoms with E-state index in [1.165, 1.54) is 0 Å². The molecule has 0 saturated heterocycles. The fourth-order valence-corrected chi connectivity index (χ4v) is 5.00. The van der Waals surface area contributed by atoms with Gasteiger partial charge < -0.3 is 20.7 Å². The van der Waals surface area contributed by atoms with Crippen LogP contribution in [0.5, 0.6) is 0 Å². The van der Waals surface area contributed by atoms with Crippen molar-refractivity contribution in [3.8, 4) is 0 Å². The average molecular weight is 434 g/mol. The van der Waals surface area contributed by atoms with Crippen molar-refractivity contribution in [2.45, 2.75) is 95.9 Å². The van der Waals surface area contributed by atoms with Gasteiger partial charge in [0.2, 0.25) is 0 Å². The Morgan fingerprint density at radius 2 is 1.84 bits per heavy atom. The Kier molecular flexibility index (Phi) is 7.62. The Morgan fingerprint density at radius 3 is 2.42 bits per heavy atom. The molecule has 0 radical (unpaired) electrons. The molecule has 0 spiro atoms. The third-order valence-electron chi connectivity index (χ3n) is 6.65. The summed E-state index contributed by atoms with van der Waals surface area (Å²) in [6, 6.07) is 2.71. The number of carbonyl (C=O) groups is 1. The molecule has 2 saturated carbocycles. The number of amides is 1. The summed E-state index contributed by atoms with van der Waals surface area (Å²) >= 11 is 0. The van der Waals surface area contributed by atoms with Crippen molar-refractivity contribution in [1.29, 1.82) is 0 Å². The van der Waals surface area contributed by atoms with Crippen LogP contribution in [0.15, 0.2) is 17.1 Å². The molecule has 1 aromatic heterocycles. The van der Waals surface area contributed by atoms with Crippen LogP contribution in [0.3, 0.4) is 0 Å². The third-order valence-corrected chi connectivity index (χ3v) is 6.65. The van der Waals surface area contributed by atoms with E-state index in [9.17, 15) is 9.59 Å². The van der Waals surface area contributed by atoms with Crippen LogP contribution in [0.25, 0.3) is 0 Å². The first kappa shape index (κ1) is 23.6. The molecule has 0 unspecified atom stereocenters. The lowest BCUT2D eigenvalue weighted by molar-refractivity contribution is 0.0477. The molecule has 1 aromatic rings. The second-order valence-electron chi connectivity index (χ2n) is 10.3. The molecule has 0 aliphatic heterocycles. The van der Waals surface area contributed by atoms with Crippen LogP contribution in [-0.2, 0) is 4.74 Å². The van der Waals surface area contributed by atoms with Gasteiger partial charge in [-0.2, -0.15) is 4.98 Å². The van der Waals surface area contributed by atoms with Crippen molar-refractivity contribution in [2.24, 2.45) is 5.92 Å². The number of hydrogen-bond acceptors (Lipinski definition) is 6. The summed E-state index contributed by atoms with van der Waals surface area (Å²) in [5.74, 6) is 0.948. The van der Waals surface area contributed by atoms with Gasteiger partial charge >= 0.3 is 11.8 Å². The van der Waals surface area contributed by atoms with Crippen LogP contribution in [0, 0.1) is 5.92 Å². The van der Waals surface area contributed by atoms with E-state index in [-0.39, 0.29) is 29.7 Å². The van der Waals surface area contributed by atoms with Crippen molar-refractivity contribution >= 4 is 11.9 Å². The molecule has 8 heteroatoms. The molecule has 0 atom stereocenters. The summed E-state index contributed by atoms with van der Waals surface area (Å²) in [5.41, 5.74) is 4.91. The zero-order valence-electron chi connectivity index (χ0n) is 19.5. The number of hydrogen-bond donors (Lipinski definition) is 2. The highest BCUT2D eigenvalue weighted by Gasteiger charge is 2.29. The van der Waals surface area contributed by atoms with E-state index in [0.29, 0.717) is 12.0 Å². The monoisotopic (exact) mass is 433 g/mol. The van der Waals surface area contributed by atoms with Crippen molar-refractivity contribution in [2.75, 3.05) is 19.3 Å². The molecule has 2 aliphatic carbocycles. The highest BCUT2D eigenvalue weighted by molar-refractivity contribution is 5.68. The van der Waals surface area contributed by atoms with Gasteiger partial charge in [-0.05, 0) is 91.2 Å². The number of nitrogens with zero attached hydrogens (tertiary/aromatic N) is 3. The molecular weight excluding hydrogens is 394 g/mol. The number of nitrogen functional groups attached to an aromatic ring is 1. The van der Waals surface area contributed by atoms with E-state index in [4.69, 9.17) is 10.5 Å². The topological polar surface area (TPSA) is 102 Å². The number of anilines is 1. The predicted octanol–water partition coefficient (Wildman–Crippen LogP) is 3.32. The number of rotatable bonds is 5. The van der Waals surface area contributed by atoms with Crippen molar-refractivity contribution < 1.29 is 9.53 Å². The minimum Gasteiger partial charge on any atom is -0.444 e. The molecule has 2 fully saturated rings. The number of alkyl carbamates (subject to hydrolysis) is 1. The smallest absolute Gasteiger partial charge is 0.407 e. The van der Waals surface area contributed by atoms with Gasteiger partial charge in [-0.3, -0.25) is 4.57 Å². The van der Waals surface area contributed by atoms with Crippen LogP contribution in [0.4, 0.5) is 10.6 Å². The average Bonchev–Trinajstić information content (AvgIpc) is 2.68. The maximum Gasteiger partial charge on any atom is 0.407 e. The Balaban J connectivity index is 1.39. The molecule has 3 N–H and O–H groups in total. The van der Waals surface area contributed by atoms with Gasteiger partial charge in [0, 0.05) is 30.9 Å². The predicted molar refractivity (Wildman–Crippen MR) is 122 cm³/mol. The minimum absolute atomic E-state index is 0.210. The molecule has 0 aromatic carbocycles. The number of nitrogens with one attached hydrogen (secondary N) is 1. The Morgan fingerprint density at radius 1 is 1.19 bits per heavy atom. The van der Waals surface area contributed by atoms with Gasteiger partial charge in [0.15, 0.2) is 0 Å². The van der Waals surface area contributed by atoms with Gasteiger partial charge in [-0.1, -0.05) is 0 Å². The van der Waals surface area contributed by atoms with Crippen LogP contribution in [0.2, 0.25) is 0 Å². The van der Waals surface area contributed by atoms with Crippen molar-refractivity contribution in [3.63, 3.8) is 0 Å². The lowest BCUT2D eigenvalue weighted by atomic mass is 9.84. The van der Waals surface area contributed by atoms with Crippen LogP contribution < -0.4 is 16.7 Å². The second-order valence-corrected chi connectivity index (χ2v) is 10.3. The Labute approximate surface area is 185 Å². The van der Waals surface area contributed by atoms with Gasteiger partial charge in [0.25, 0.3) is 0 Å². The van der Waals surface area contributed by atoms with Crippen LogP contribution in [0.1, 0.15) is 78.2 Å². The summed E-state index contributed by atoms with van der Waals surface area (Å²) < 4.78 is 7.12. The van der Waals surface area contributed by atoms with E-state index in [1.807, 2.05) is 20.8 Å². The molecule has 1 amide bonds. The summed E-state index contributed by atoms with van der Waals surface area (Å²) in [5, 5.41) is 3.02. The SMILES string of the molecule is CN(CC1CCC(n2ccc(N)nc2=O)CC1)C1CCC(NC(=O)OC(C)(C)C)CC1. The number of nitrogens with two attached hydrogens (primary N) is 1. The van der Waals surface area contributed by atoms with Crippen molar-refractivity contribution in [3.05, 3.63) is 22.7 Å². The first-order valence-electron chi connectivity index (χ1n) is 11.6. The fraction of sp³-hybridized carbons (Fsp3) is 0.783. The summed E-state index contributed by atoms with van der Waals surface area (Å²) in [6.07, 6.45) is 9.93. The van der Waals surface area contributed by atoms with E-state index < -0.39 is 5.60 Å². The second kappa shape index (κ2) is 10.0. The highest BCUT2D eigenvalue weighted by atomic mass is 16.6. The van der Waals surface area contributed by atoms with Crippen LogP contribution in [-0.4, -0.2) is 51.8 Å². The van der Waals surface area contributed by atoms with Gasteiger partial charge in [0.1, 0.15) is 11.4 Å². The molecule has 174 valence electrons. The van der Waals surface area contributed by atoms with E-state index >= 15 is 0 Å². The minimum atomic E-state index is -0.460. The maximum atomic E-state index is 12.1. The van der Waals surface area contributed by atoms with E-state index in [2.05, 4.69) is 22.2 Å². The van der Waals surface area contributed by atoms with Gasteiger partial charge in [0.05, 0.1) is 0 Å². The molecule has 1 heterocycles. The Bertz CT molecular complexity index is 787. The lowest BCUT2D eigenvalue weighted by Crippen LogP contribution is -2.45. The van der Waals surface area contributed by atoms with Gasteiger partial charge in [-0.25, -0.2) is 9.59 Å². The highest BCUT2D eigenvalue weighted by Crippen LogP contribution is 2.33. The fourth-order valence-electron chi connectivity index (χ4n) is 5.00. The van der Waals surface area contributed by atoms with Gasteiger partial charge in [-0.15, -0.1) is 0 Å². The summed E-state index contributed by atoms with van der Waals surface area (Å²) in [7, 11) is 2.23. The zero-order valence-corrected chi connectivity index (χ0v) is 19.5. The zero-order chi connectivity index (χ0) is 22.6. The number of carbonyl (C=O) groups excluding carboxylic acids is 1. The Hall–Kier alpha value is -2.09. The summed E-state index contributed by atoms with van der Waals surface area (Å²) in [4.78, 5) is 30.5. The number of aromatic nitrogens is 2. The quantitative estimate of drug-likeness (QED) is 0.738. The standard InChI is InChI=1S/C23H39N5O3/c1-23(2,3)31-22(30)25-17-7-11-18(12-8-17)27(4)15-16-5-9-19(10-6-16)28-14-13-20(24)26-21(28)29/h13-14,16-19H,5-12,15H2,1-4H3,(H,25,30)(H2,24,26,29). The number of ether oxygens (including phenoxy) is 1. The molecule has 8 nitrogen and oxygen atoms in total. The normalized spacial score (nSPS) is 27.1. The molecule has 2 aliphatic rings. The largest absolute Gasteiger partial charge is 0.444 e. The van der Waals surface area contributed by atoms with E-state index in [1.54, 1.807) is 16.8 Å². The molecular formula is C23H39N5O3. The summed E-state index contributed by atoms with van der Waals surface area (Å²) in [6.45, 7) is 6.75. The van der Waals surface area contributed by atoms with Crippen molar-refractivity contribution in [1.82, 2.24) is 19.8 Å². The first-order chi connectivity index (χ1) is 14.6. The lowest BCUT2D eigenvalue weighted by Gasteiger charge is -2.38. The molecule has 0 bridgehead atoms.